The lowest BCUT2D eigenvalue weighted by atomic mass is 10.1. The third-order valence-electron chi connectivity index (χ3n) is 5.38. The van der Waals surface area contributed by atoms with Gasteiger partial charge in [-0.05, 0) is 63.2 Å². The van der Waals surface area contributed by atoms with Gasteiger partial charge in [-0.2, -0.15) is 0 Å². The number of ether oxygens (including phenoxy) is 2. The van der Waals surface area contributed by atoms with Gasteiger partial charge in [0.05, 0.1) is 27.8 Å². The highest BCUT2D eigenvalue weighted by Crippen LogP contribution is 2.26. The van der Waals surface area contributed by atoms with Crippen molar-refractivity contribution in [2.45, 2.75) is 38.2 Å². The van der Waals surface area contributed by atoms with E-state index in [2.05, 4.69) is 25.9 Å². The molecule has 42 heavy (non-hydrogen) atoms. The van der Waals surface area contributed by atoms with Gasteiger partial charge in [-0.15, -0.1) is 0 Å². The normalized spacial score (nSPS) is 12.1. The molecule has 14 heteroatoms. The summed E-state index contributed by atoms with van der Waals surface area (Å²) in [6, 6.07) is 9.95. The zero-order valence-electron chi connectivity index (χ0n) is 23.7. The number of rotatable bonds is 10. The van der Waals surface area contributed by atoms with E-state index in [9.17, 15) is 22.8 Å². The molecule has 0 bridgehead atoms. The third kappa shape index (κ3) is 9.70. The van der Waals surface area contributed by atoms with Crippen LogP contribution in [0.2, 0.25) is 5.02 Å². The highest BCUT2D eigenvalue weighted by molar-refractivity contribution is 7.90. The van der Waals surface area contributed by atoms with Gasteiger partial charge < -0.3 is 25.4 Å². The van der Waals surface area contributed by atoms with Crippen LogP contribution in [0.25, 0.3) is 0 Å². The molecule has 2 heterocycles. The Kier molecular flexibility index (Phi) is 10.5. The predicted octanol–water partition coefficient (Wildman–Crippen LogP) is 4.58. The minimum atomic E-state index is -3.62. The number of hydrogen-bond donors (Lipinski definition) is 3. The lowest BCUT2D eigenvalue weighted by Gasteiger charge is -2.21. The minimum absolute atomic E-state index is 0.000186. The van der Waals surface area contributed by atoms with Crippen molar-refractivity contribution in [3.63, 3.8) is 0 Å². The molecule has 3 N–H and O–H groups in total. The largest absolute Gasteiger partial charge is 0.492 e. The summed E-state index contributed by atoms with van der Waals surface area (Å²) in [7, 11) is -3.62. The molecule has 1 atom stereocenters. The number of anilines is 2. The van der Waals surface area contributed by atoms with Crippen LogP contribution in [-0.4, -0.2) is 61.3 Å². The van der Waals surface area contributed by atoms with Crippen molar-refractivity contribution in [2.75, 3.05) is 30.0 Å². The van der Waals surface area contributed by atoms with Gasteiger partial charge in [-0.1, -0.05) is 18.5 Å². The van der Waals surface area contributed by atoms with Crippen molar-refractivity contribution in [2.24, 2.45) is 5.92 Å². The molecule has 0 aliphatic rings. The smallest absolute Gasteiger partial charge is 0.407 e. The number of carbonyl (C=O) groups excluding carboxylic acids is 3. The topological polar surface area (TPSA) is 166 Å². The number of halogens is 1. The van der Waals surface area contributed by atoms with Crippen LogP contribution >= 0.6 is 11.6 Å². The van der Waals surface area contributed by atoms with E-state index < -0.39 is 33.3 Å². The molecule has 3 amide bonds. The molecule has 0 saturated carbocycles. The number of alkyl carbamates (subject to hydrolysis) is 1. The van der Waals surface area contributed by atoms with Crippen molar-refractivity contribution in [3.8, 4) is 5.75 Å². The molecule has 3 aromatic rings. The van der Waals surface area contributed by atoms with E-state index in [-0.39, 0.29) is 52.5 Å². The van der Waals surface area contributed by atoms with Crippen LogP contribution in [0.1, 0.15) is 48.5 Å². The second-order valence-corrected chi connectivity index (χ2v) is 12.9. The summed E-state index contributed by atoms with van der Waals surface area (Å²) < 4.78 is 35.5. The highest BCUT2D eigenvalue weighted by atomic mass is 35.5. The molecular formula is C28H32ClN5O7S. The number of carbonyl (C=O) groups is 3. The van der Waals surface area contributed by atoms with Crippen LogP contribution in [0.15, 0.2) is 59.8 Å². The Morgan fingerprint density at radius 3 is 2.40 bits per heavy atom. The molecule has 0 aliphatic carbocycles. The van der Waals surface area contributed by atoms with Gasteiger partial charge in [0.25, 0.3) is 11.8 Å². The summed E-state index contributed by atoms with van der Waals surface area (Å²) in [4.78, 5) is 46.3. The fourth-order valence-electron chi connectivity index (χ4n) is 3.41. The van der Waals surface area contributed by atoms with Crippen molar-refractivity contribution in [3.05, 3.63) is 71.1 Å². The van der Waals surface area contributed by atoms with Crippen LogP contribution in [0.4, 0.5) is 16.3 Å². The van der Waals surface area contributed by atoms with Crippen molar-refractivity contribution < 1.29 is 32.3 Å². The van der Waals surface area contributed by atoms with Gasteiger partial charge in [0.2, 0.25) is 0 Å². The highest BCUT2D eigenvalue weighted by Gasteiger charge is 2.22. The Hall–Kier alpha value is -4.23. The lowest BCUT2D eigenvalue weighted by Crippen LogP contribution is -2.35. The minimum Gasteiger partial charge on any atom is -0.492 e. The van der Waals surface area contributed by atoms with E-state index in [0.29, 0.717) is 5.02 Å². The van der Waals surface area contributed by atoms with Gasteiger partial charge in [-0.25, -0.2) is 23.2 Å². The monoisotopic (exact) mass is 617 g/mol. The molecule has 1 aromatic carbocycles. The molecule has 0 radical (unpaired) electrons. The third-order valence-corrected chi connectivity index (χ3v) is 6.72. The molecule has 0 spiro atoms. The average molecular weight is 618 g/mol. The molecule has 224 valence electrons. The zero-order valence-corrected chi connectivity index (χ0v) is 25.3. The van der Waals surface area contributed by atoms with E-state index in [1.807, 2.05) is 0 Å². The fourth-order valence-corrected chi connectivity index (χ4v) is 4.15. The second-order valence-electron chi connectivity index (χ2n) is 10.4. The average Bonchev–Trinajstić information content (AvgIpc) is 2.90. The van der Waals surface area contributed by atoms with Crippen LogP contribution in [0.3, 0.4) is 0 Å². The maximum absolute atomic E-state index is 13.4. The summed E-state index contributed by atoms with van der Waals surface area (Å²) in [6.45, 7) is 7.29. The first kappa shape index (κ1) is 32.3. The zero-order chi connectivity index (χ0) is 31.1. The second kappa shape index (κ2) is 13.6. The summed E-state index contributed by atoms with van der Waals surface area (Å²) in [6.07, 6.45) is 3.21. The van der Waals surface area contributed by atoms with E-state index in [1.165, 1.54) is 48.8 Å². The number of hydrogen-bond acceptors (Lipinski definition) is 9. The van der Waals surface area contributed by atoms with Crippen LogP contribution in [-0.2, 0) is 14.6 Å². The maximum Gasteiger partial charge on any atom is 0.407 e. The maximum atomic E-state index is 13.4. The number of amides is 3. The summed E-state index contributed by atoms with van der Waals surface area (Å²) in [5.74, 6) is -1.30. The number of sulfone groups is 1. The Morgan fingerprint density at radius 1 is 1.02 bits per heavy atom. The Labute approximate surface area is 249 Å². The van der Waals surface area contributed by atoms with Gasteiger partial charge >= 0.3 is 6.09 Å². The Balaban J connectivity index is 1.78. The van der Waals surface area contributed by atoms with E-state index >= 15 is 0 Å². The molecular weight excluding hydrogens is 586 g/mol. The summed E-state index contributed by atoms with van der Waals surface area (Å²) >= 11 is 5.84. The first-order valence-corrected chi connectivity index (χ1v) is 15.0. The summed E-state index contributed by atoms with van der Waals surface area (Å²) in [5.41, 5.74) is -0.620. The standard InChI is InChI=1S/C28H32ClN5O7S/c1-17(14-32-27(37)41-28(2,3)4)16-40-22-13-19(42(5,38)39)9-10-20(22)25(35)33-21-7-6-12-30-24(21)26(36)34-23-11-8-18(29)15-31-23/h6-13,15,17H,14,16H2,1-5H3,(H,32,37)(H,33,35)(H,31,34,36)/t17-/m1/s1. The van der Waals surface area contributed by atoms with Gasteiger partial charge in [0.15, 0.2) is 15.5 Å². The predicted molar refractivity (Wildman–Crippen MR) is 158 cm³/mol. The van der Waals surface area contributed by atoms with Crippen LogP contribution < -0.4 is 20.7 Å². The molecule has 0 aliphatic heterocycles. The first-order chi connectivity index (χ1) is 19.6. The van der Waals surface area contributed by atoms with Crippen molar-refractivity contribution in [1.29, 1.82) is 0 Å². The van der Waals surface area contributed by atoms with E-state index in [4.69, 9.17) is 21.1 Å². The number of aromatic nitrogens is 2. The molecule has 0 unspecified atom stereocenters. The quantitative estimate of drug-likeness (QED) is 0.295. The number of nitrogens with one attached hydrogen (secondary N) is 3. The Bertz CT molecular complexity index is 1560. The SMILES string of the molecule is C[C@H](CNC(=O)OC(C)(C)C)COc1cc(S(C)(=O)=O)ccc1C(=O)Nc1cccnc1C(=O)Nc1ccc(Cl)cn1. The molecule has 0 fully saturated rings. The van der Waals surface area contributed by atoms with E-state index in [1.54, 1.807) is 33.8 Å². The number of pyridine rings is 2. The molecule has 2 aromatic heterocycles. The summed E-state index contributed by atoms with van der Waals surface area (Å²) in [5, 5.41) is 8.27. The van der Waals surface area contributed by atoms with Crippen molar-refractivity contribution in [1.82, 2.24) is 15.3 Å². The molecule has 0 saturated heterocycles. The van der Waals surface area contributed by atoms with Gasteiger partial charge in [0.1, 0.15) is 17.2 Å². The van der Waals surface area contributed by atoms with Gasteiger partial charge in [0, 0.05) is 31.1 Å². The van der Waals surface area contributed by atoms with Gasteiger partial charge in [-0.3, -0.25) is 9.59 Å². The lowest BCUT2D eigenvalue weighted by molar-refractivity contribution is 0.0516. The Morgan fingerprint density at radius 2 is 1.76 bits per heavy atom. The van der Waals surface area contributed by atoms with Crippen LogP contribution in [0.5, 0.6) is 5.75 Å². The molecule has 3 rings (SSSR count). The molecule has 12 nitrogen and oxygen atoms in total. The fraction of sp³-hybridized carbons (Fsp3) is 0.321. The van der Waals surface area contributed by atoms with E-state index in [0.717, 1.165) is 6.26 Å². The number of benzene rings is 1. The van der Waals surface area contributed by atoms with Crippen molar-refractivity contribution >= 4 is 50.9 Å². The van der Waals surface area contributed by atoms with Crippen LogP contribution in [0, 0.1) is 5.92 Å². The number of nitrogens with zero attached hydrogens (tertiary/aromatic N) is 2. The first-order valence-electron chi connectivity index (χ1n) is 12.8.